The number of hydrogen-bond donors (Lipinski definition) is 1. The summed E-state index contributed by atoms with van der Waals surface area (Å²) in [4.78, 5) is 19.4. The maximum Gasteiger partial charge on any atom is 0.228 e. The molecule has 27 heavy (non-hydrogen) atoms. The van der Waals surface area contributed by atoms with Gasteiger partial charge in [0, 0.05) is 37.5 Å². The second kappa shape index (κ2) is 6.81. The third kappa shape index (κ3) is 3.12. The number of hydrogen-bond acceptors (Lipinski definition) is 5. The van der Waals surface area contributed by atoms with Crippen molar-refractivity contribution < 1.29 is 13.9 Å². The zero-order chi connectivity index (χ0) is 18.2. The highest BCUT2D eigenvalue weighted by atomic mass is 16.5. The molecule has 0 unspecified atom stereocenters. The van der Waals surface area contributed by atoms with Gasteiger partial charge in [-0.05, 0) is 18.9 Å². The van der Waals surface area contributed by atoms with Crippen LogP contribution in [0.25, 0.3) is 10.9 Å². The molecule has 4 heterocycles. The molecule has 1 amide bonds. The number of carbonyl (C=O) groups excluding carboxylic acids is 1. The molecule has 0 saturated carbocycles. The van der Waals surface area contributed by atoms with Crippen LogP contribution in [0.1, 0.15) is 41.8 Å². The van der Waals surface area contributed by atoms with Crippen LogP contribution >= 0.6 is 0 Å². The monoisotopic (exact) mass is 366 g/mol. The van der Waals surface area contributed by atoms with Crippen LogP contribution in [0.5, 0.6) is 0 Å². The average Bonchev–Trinajstić information content (AvgIpc) is 3.32. The van der Waals surface area contributed by atoms with Gasteiger partial charge in [0.1, 0.15) is 11.5 Å². The molecule has 3 aromatic rings. The number of nitrogens with one attached hydrogen (secondary N) is 1. The van der Waals surface area contributed by atoms with Crippen molar-refractivity contribution in [2.45, 2.75) is 38.1 Å². The second-order valence-corrected chi connectivity index (χ2v) is 7.27. The summed E-state index contributed by atoms with van der Waals surface area (Å²) in [5.74, 6) is 2.18. The summed E-state index contributed by atoms with van der Waals surface area (Å²) in [7, 11) is 0. The van der Waals surface area contributed by atoms with Crippen molar-refractivity contribution in [2.24, 2.45) is 0 Å². The first-order valence-electron chi connectivity index (χ1n) is 9.54. The van der Waals surface area contributed by atoms with Gasteiger partial charge >= 0.3 is 0 Å². The van der Waals surface area contributed by atoms with E-state index in [2.05, 4.69) is 10.2 Å². The number of oxazole rings is 1. The summed E-state index contributed by atoms with van der Waals surface area (Å²) in [5, 5.41) is 8.29. The van der Waals surface area contributed by atoms with E-state index >= 15 is 0 Å². The molecule has 2 aromatic heterocycles. The largest absolute Gasteiger partial charge is 0.445 e. The second-order valence-electron chi connectivity index (χ2n) is 7.27. The van der Waals surface area contributed by atoms with Crippen molar-refractivity contribution in [3.8, 4) is 0 Å². The highest BCUT2D eigenvalue weighted by molar-refractivity contribution is 5.87. The van der Waals surface area contributed by atoms with E-state index in [4.69, 9.17) is 14.1 Å². The van der Waals surface area contributed by atoms with Crippen molar-refractivity contribution in [3.05, 3.63) is 47.3 Å². The third-order valence-electron chi connectivity index (χ3n) is 5.54. The molecule has 0 spiro atoms. The average molecular weight is 366 g/mol. The Morgan fingerprint density at radius 1 is 1.26 bits per heavy atom. The van der Waals surface area contributed by atoms with Crippen LogP contribution in [0.4, 0.5) is 0 Å². The summed E-state index contributed by atoms with van der Waals surface area (Å²) in [5.41, 5.74) is 2.66. The molecule has 1 saturated heterocycles. The number of benzene rings is 1. The van der Waals surface area contributed by atoms with Crippen LogP contribution in [-0.4, -0.2) is 45.7 Å². The SMILES string of the molecule is O=C(Cc1[nH]nc2ccccc12)N1CCc2oc(C3CCOCC3)nc2C1. The number of aromatic amines is 1. The number of H-pyrrole nitrogens is 1. The smallest absolute Gasteiger partial charge is 0.228 e. The fourth-order valence-electron chi connectivity index (χ4n) is 3.96. The molecular weight excluding hydrogens is 344 g/mol. The van der Waals surface area contributed by atoms with Gasteiger partial charge in [-0.15, -0.1) is 0 Å². The van der Waals surface area contributed by atoms with Gasteiger partial charge in [-0.2, -0.15) is 5.10 Å². The first kappa shape index (κ1) is 16.5. The lowest BCUT2D eigenvalue weighted by Gasteiger charge is -2.25. The van der Waals surface area contributed by atoms with E-state index < -0.39 is 0 Å². The Bertz CT molecular complexity index is 971. The van der Waals surface area contributed by atoms with E-state index in [0.29, 0.717) is 25.4 Å². The number of nitrogens with zero attached hydrogens (tertiary/aromatic N) is 3. The maximum absolute atomic E-state index is 12.8. The summed E-state index contributed by atoms with van der Waals surface area (Å²) >= 11 is 0. The van der Waals surface area contributed by atoms with Gasteiger partial charge in [-0.3, -0.25) is 9.89 Å². The van der Waals surface area contributed by atoms with E-state index in [-0.39, 0.29) is 5.91 Å². The molecule has 7 nitrogen and oxygen atoms in total. The van der Waals surface area contributed by atoms with Crippen LogP contribution in [0.15, 0.2) is 28.7 Å². The van der Waals surface area contributed by atoms with E-state index in [1.807, 2.05) is 29.2 Å². The lowest BCUT2D eigenvalue weighted by Crippen LogP contribution is -2.36. The molecule has 0 aliphatic carbocycles. The van der Waals surface area contributed by atoms with Crippen LogP contribution in [0.2, 0.25) is 0 Å². The number of carbonyl (C=O) groups is 1. The van der Waals surface area contributed by atoms with Gasteiger partial charge in [0.2, 0.25) is 5.91 Å². The normalized spacial score (nSPS) is 18.0. The van der Waals surface area contributed by atoms with Crippen LogP contribution < -0.4 is 0 Å². The first-order valence-corrected chi connectivity index (χ1v) is 9.54. The molecule has 0 bridgehead atoms. The minimum atomic E-state index is 0.0886. The van der Waals surface area contributed by atoms with Gasteiger partial charge in [0.05, 0.1) is 24.2 Å². The molecule has 0 radical (unpaired) electrons. The third-order valence-corrected chi connectivity index (χ3v) is 5.54. The standard InChI is InChI=1S/C20H22N4O3/c25-19(11-16-14-3-1-2-4-15(14)22-23-16)24-8-5-18-17(12-24)21-20(27-18)13-6-9-26-10-7-13/h1-4,13H,5-12H2,(H,22,23). The molecule has 7 heteroatoms. The lowest BCUT2D eigenvalue weighted by molar-refractivity contribution is -0.131. The highest BCUT2D eigenvalue weighted by Crippen LogP contribution is 2.30. The zero-order valence-corrected chi connectivity index (χ0v) is 15.1. The Labute approximate surface area is 156 Å². The van der Waals surface area contributed by atoms with Gasteiger partial charge in [0.25, 0.3) is 0 Å². The highest BCUT2D eigenvalue weighted by Gasteiger charge is 2.29. The molecule has 0 atom stereocenters. The molecule has 1 aromatic carbocycles. The molecule has 2 aliphatic heterocycles. The predicted octanol–water partition coefficient (Wildman–Crippen LogP) is 2.57. The van der Waals surface area contributed by atoms with Gasteiger partial charge in [0.15, 0.2) is 5.89 Å². The van der Waals surface area contributed by atoms with Gasteiger partial charge < -0.3 is 14.1 Å². The summed E-state index contributed by atoms with van der Waals surface area (Å²) in [6.07, 6.45) is 2.95. The topological polar surface area (TPSA) is 84.2 Å². The minimum absolute atomic E-state index is 0.0886. The number of aromatic nitrogens is 3. The maximum atomic E-state index is 12.8. The van der Waals surface area contributed by atoms with Crippen LogP contribution in [0.3, 0.4) is 0 Å². The minimum Gasteiger partial charge on any atom is -0.445 e. The molecule has 140 valence electrons. The van der Waals surface area contributed by atoms with Gasteiger partial charge in [-0.1, -0.05) is 18.2 Å². The van der Waals surface area contributed by atoms with Crippen molar-refractivity contribution in [3.63, 3.8) is 0 Å². The number of para-hydroxylation sites is 1. The Balaban J connectivity index is 1.30. The summed E-state index contributed by atoms with van der Waals surface area (Å²) < 4.78 is 11.4. The molecule has 2 aliphatic rings. The van der Waals surface area contributed by atoms with E-state index in [9.17, 15) is 4.79 Å². The summed E-state index contributed by atoms with van der Waals surface area (Å²) in [6.45, 7) is 2.72. The van der Waals surface area contributed by atoms with Gasteiger partial charge in [-0.25, -0.2) is 4.98 Å². The number of rotatable bonds is 3. The number of ether oxygens (including phenoxy) is 1. The van der Waals surface area contributed by atoms with E-state index in [1.165, 1.54) is 0 Å². The van der Waals surface area contributed by atoms with Crippen molar-refractivity contribution in [1.29, 1.82) is 0 Å². The molecule has 1 fully saturated rings. The van der Waals surface area contributed by atoms with Crippen molar-refractivity contribution >= 4 is 16.8 Å². The van der Waals surface area contributed by atoms with E-state index in [1.54, 1.807) is 0 Å². The molecular formula is C20H22N4O3. The lowest BCUT2D eigenvalue weighted by atomic mass is 10.0. The zero-order valence-electron chi connectivity index (χ0n) is 15.1. The fraction of sp³-hybridized carbons (Fsp3) is 0.450. The van der Waals surface area contributed by atoms with Crippen LogP contribution in [0, 0.1) is 0 Å². The first-order chi connectivity index (χ1) is 13.3. The van der Waals surface area contributed by atoms with E-state index in [0.717, 1.165) is 66.4 Å². The number of amides is 1. The fourth-order valence-corrected chi connectivity index (χ4v) is 3.96. The Hall–Kier alpha value is -2.67. The van der Waals surface area contributed by atoms with Crippen molar-refractivity contribution in [2.75, 3.05) is 19.8 Å². The Morgan fingerprint density at radius 3 is 3.00 bits per heavy atom. The summed E-state index contributed by atoms with van der Waals surface area (Å²) in [6, 6.07) is 7.85. The molecule has 1 N–H and O–H groups in total. The van der Waals surface area contributed by atoms with Crippen LogP contribution in [-0.2, 0) is 28.9 Å². The predicted molar refractivity (Wildman–Crippen MR) is 98.2 cm³/mol. The Morgan fingerprint density at radius 2 is 2.11 bits per heavy atom. The number of fused-ring (bicyclic) bond motifs is 2. The molecule has 5 rings (SSSR count). The Kier molecular flexibility index (Phi) is 4.16. The quantitative estimate of drug-likeness (QED) is 0.770. The van der Waals surface area contributed by atoms with Crippen molar-refractivity contribution in [1.82, 2.24) is 20.1 Å².